The molecule has 38 heavy (non-hydrogen) atoms. The summed E-state index contributed by atoms with van der Waals surface area (Å²) in [6.07, 6.45) is 8.46. The first kappa shape index (κ1) is 27.6. The topological polar surface area (TPSA) is 96.2 Å². The van der Waals surface area contributed by atoms with E-state index >= 15 is 0 Å². The zero-order chi connectivity index (χ0) is 27.3. The Bertz CT molecular complexity index is 1340. The number of ether oxygens (including phenoxy) is 2. The molecule has 0 fully saturated rings. The molecule has 0 saturated carbocycles. The van der Waals surface area contributed by atoms with Crippen molar-refractivity contribution in [2.75, 3.05) is 13.2 Å². The molecule has 0 aromatic carbocycles. The van der Waals surface area contributed by atoms with Gasteiger partial charge in [-0.3, -0.25) is 14.8 Å². The van der Waals surface area contributed by atoms with Crippen molar-refractivity contribution < 1.29 is 19.1 Å². The van der Waals surface area contributed by atoms with Crippen LogP contribution in [0.3, 0.4) is 0 Å². The Morgan fingerprint density at radius 1 is 1.16 bits per heavy atom. The Hall–Kier alpha value is -3.43. The van der Waals surface area contributed by atoms with Gasteiger partial charge in [0.1, 0.15) is 6.73 Å². The molecule has 0 N–H and O–H groups in total. The first-order chi connectivity index (χ1) is 18.2. The van der Waals surface area contributed by atoms with Crippen LogP contribution in [0.1, 0.15) is 46.5 Å². The zero-order valence-corrected chi connectivity index (χ0v) is 23.9. The lowest BCUT2D eigenvalue weighted by Gasteiger charge is -2.16. The van der Waals surface area contributed by atoms with E-state index in [2.05, 4.69) is 29.6 Å². The second kappa shape index (κ2) is 12.0. The lowest BCUT2D eigenvalue weighted by Crippen LogP contribution is -2.22. The van der Waals surface area contributed by atoms with E-state index in [0.717, 1.165) is 34.1 Å². The van der Waals surface area contributed by atoms with E-state index in [4.69, 9.17) is 14.5 Å². The molecule has 200 valence electrons. The number of ketones is 1. The minimum absolute atomic E-state index is 0.0384. The Labute approximate surface area is 225 Å². The lowest BCUT2D eigenvalue weighted by atomic mass is 10.1. The highest BCUT2D eigenvalue weighted by Crippen LogP contribution is 2.30. The highest BCUT2D eigenvalue weighted by atomic mass is 28.3. The molecule has 0 amide bonds. The number of aromatic nitrogens is 4. The maximum Gasteiger partial charge on any atom is 0.334 e. The van der Waals surface area contributed by atoms with E-state index in [-0.39, 0.29) is 18.5 Å². The van der Waals surface area contributed by atoms with Crippen molar-refractivity contribution in [3.05, 3.63) is 70.7 Å². The lowest BCUT2D eigenvalue weighted by molar-refractivity contribution is -0.138. The number of Topliss-reactive ketones (excluding diaryl/α,β-unsaturated/α-hetero) is 1. The fraction of sp³-hybridized carbons (Fsp3) is 0.414. The third kappa shape index (κ3) is 6.71. The quantitative estimate of drug-likeness (QED) is 0.136. The molecule has 9 heteroatoms. The van der Waals surface area contributed by atoms with Crippen LogP contribution in [0.5, 0.6) is 0 Å². The number of fused-ring (bicyclic) bond motifs is 1. The van der Waals surface area contributed by atoms with Crippen LogP contribution in [-0.2, 0) is 33.8 Å². The molecule has 1 aliphatic rings. The maximum absolute atomic E-state index is 13.4. The predicted octanol–water partition coefficient (Wildman–Crippen LogP) is 5.28. The molecule has 0 atom stereocenters. The fourth-order valence-corrected chi connectivity index (χ4v) is 5.07. The number of esters is 1. The molecule has 3 heterocycles. The number of pyridine rings is 2. The van der Waals surface area contributed by atoms with Gasteiger partial charge in [0.25, 0.3) is 0 Å². The van der Waals surface area contributed by atoms with E-state index in [1.54, 1.807) is 25.5 Å². The van der Waals surface area contributed by atoms with Gasteiger partial charge < -0.3 is 14.0 Å². The average Bonchev–Trinajstić information content (AvgIpc) is 3.46. The molecule has 0 bridgehead atoms. The number of aryl methyl sites for hydroxylation is 1. The van der Waals surface area contributed by atoms with Crippen LogP contribution in [0.2, 0.25) is 25.7 Å². The standard InChI is InChI=1S/C29H36N4O4Si/c1-6-37-29(35)23-15-22-16-24(18-31-25(22)17-23)27-20(2)33(19-36-13-14-38(3,4)5)28(32-27)26(34)8-7-21-9-11-30-12-10-21/h9-12,15-16,18H,6-8,13-14,17,19H2,1-5H3. The number of imidazole rings is 1. The Morgan fingerprint density at radius 3 is 2.63 bits per heavy atom. The van der Waals surface area contributed by atoms with Crippen LogP contribution < -0.4 is 0 Å². The third-order valence-corrected chi connectivity index (χ3v) is 8.28. The van der Waals surface area contributed by atoms with Gasteiger partial charge in [0.2, 0.25) is 0 Å². The molecule has 8 nitrogen and oxygen atoms in total. The summed E-state index contributed by atoms with van der Waals surface area (Å²) in [5, 5.41) is 0. The van der Waals surface area contributed by atoms with Crippen LogP contribution >= 0.6 is 0 Å². The molecule has 0 unspecified atom stereocenters. The normalized spacial score (nSPS) is 12.8. The number of hydrogen-bond donors (Lipinski definition) is 0. The Balaban J connectivity index is 1.61. The minimum Gasteiger partial charge on any atom is -0.463 e. The highest BCUT2D eigenvalue weighted by Gasteiger charge is 2.24. The molecular weight excluding hydrogens is 496 g/mol. The third-order valence-electron chi connectivity index (χ3n) is 6.58. The molecular formula is C29H36N4O4Si. The zero-order valence-electron chi connectivity index (χ0n) is 22.9. The van der Waals surface area contributed by atoms with Crippen molar-refractivity contribution in [3.8, 4) is 11.3 Å². The van der Waals surface area contributed by atoms with Crippen LogP contribution in [0, 0.1) is 6.92 Å². The summed E-state index contributed by atoms with van der Waals surface area (Å²) in [5.74, 6) is 0.0384. The summed E-state index contributed by atoms with van der Waals surface area (Å²) in [6.45, 7) is 11.9. The molecule has 0 aliphatic heterocycles. The minimum atomic E-state index is -1.24. The van der Waals surface area contributed by atoms with E-state index in [0.29, 0.717) is 49.6 Å². The van der Waals surface area contributed by atoms with Gasteiger partial charge in [0.15, 0.2) is 11.6 Å². The van der Waals surface area contributed by atoms with Gasteiger partial charge in [-0.2, -0.15) is 0 Å². The molecule has 3 aromatic rings. The molecule has 0 spiro atoms. The monoisotopic (exact) mass is 532 g/mol. The number of rotatable bonds is 12. The summed E-state index contributed by atoms with van der Waals surface area (Å²) < 4.78 is 13.1. The molecule has 0 radical (unpaired) electrons. The first-order valence-electron chi connectivity index (χ1n) is 13.1. The summed E-state index contributed by atoms with van der Waals surface area (Å²) >= 11 is 0. The highest BCUT2D eigenvalue weighted by molar-refractivity contribution is 6.76. The Kier molecular flexibility index (Phi) is 8.68. The van der Waals surface area contributed by atoms with Crippen molar-refractivity contribution in [1.82, 2.24) is 19.5 Å². The predicted molar refractivity (Wildman–Crippen MR) is 150 cm³/mol. The smallest absolute Gasteiger partial charge is 0.334 e. The van der Waals surface area contributed by atoms with Gasteiger partial charge in [0, 0.05) is 62.9 Å². The average molecular weight is 533 g/mol. The van der Waals surface area contributed by atoms with E-state index < -0.39 is 8.07 Å². The summed E-state index contributed by atoms with van der Waals surface area (Å²) in [5.41, 5.74) is 5.69. The second-order valence-electron chi connectivity index (χ2n) is 10.8. The van der Waals surface area contributed by atoms with Gasteiger partial charge in [-0.1, -0.05) is 19.6 Å². The van der Waals surface area contributed by atoms with E-state index in [1.807, 2.05) is 35.8 Å². The second-order valence-corrected chi connectivity index (χ2v) is 16.4. The SMILES string of the molecule is CCOC(=O)C1=Cc2cc(-c3nc(C(=O)CCc4ccncc4)n(COCC[Si](C)(C)C)c3C)cnc2C1. The van der Waals surface area contributed by atoms with Crippen molar-refractivity contribution >= 4 is 25.9 Å². The van der Waals surface area contributed by atoms with Crippen LogP contribution in [0.4, 0.5) is 0 Å². The van der Waals surface area contributed by atoms with E-state index in [9.17, 15) is 9.59 Å². The largest absolute Gasteiger partial charge is 0.463 e. The van der Waals surface area contributed by atoms with Gasteiger partial charge in [0.05, 0.1) is 18.0 Å². The molecule has 0 saturated heterocycles. The summed E-state index contributed by atoms with van der Waals surface area (Å²) in [6, 6.07) is 6.86. The number of nitrogens with zero attached hydrogens (tertiary/aromatic N) is 4. The van der Waals surface area contributed by atoms with Crippen LogP contribution in [-0.4, -0.2) is 52.6 Å². The van der Waals surface area contributed by atoms with Crippen molar-refractivity contribution in [1.29, 1.82) is 0 Å². The van der Waals surface area contributed by atoms with Gasteiger partial charge in [-0.25, -0.2) is 9.78 Å². The fourth-order valence-electron chi connectivity index (χ4n) is 4.32. The van der Waals surface area contributed by atoms with Gasteiger partial charge >= 0.3 is 5.97 Å². The van der Waals surface area contributed by atoms with Crippen LogP contribution in [0.15, 0.2) is 42.4 Å². The summed E-state index contributed by atoms with van der Waals surface area (Å²) in [4.78, 5) is 39.0. The first-order valence-corrected chi connectivity index (χ1v) is 16.8. The molecule has 4 rings (SSSR count). The van der Waals surface area contributed by atoms with Crippen molar-refractivity contribution in [2.24, 2.45) is 0 Å². The van der Waals surface area contributed by atoms with Gasteiger partial charge in [-0.15, -0.1) is 0 Å². The van der Waals surface area contributed by atoms with Crippen molar-refractivity contribution in [2.45, 2.75) is 65.5 Å². The maximum atomic E-state index is 13.4. The number of hydrogen-bond acceptors (Lipinski definition) is 7. The van der Waals surface area contributed by atoms with Crippen molar-refractivity contribution in [3.63, 3.8) is 0 Å². The summed E-state index contributed by atoms with van der Waals surface area (Å²) in [7, 11) is -1.24. The Morgan fingerprint density at radius 2 is 1.92 bits per heavy atom. The van der Waals surface area contributed by atoms with Crippen LogP contribution in [0.25, 0.3) is 17.3 Å². The molecule has 3 aromatic heterocycles. The number of carbonyl (C=O) groups is 2. The number of carbonyl (C=O) groups excluding carboxylic acids is 2. The molecule has 1 aliphatic carbocycles. The van der Waals surface area contributed by atoms with E-state index in [1.165, 1.54) is 0 Å². The van der Waals surface area contributed by atoms with Gasteiger partial charge in [-0.05, 0) is 61.7 Å².